The molecule has 2 N–H and O–H groups in total. The highest BCUT2D eigenvalue weighted by Gasteiger charge is 2.39. The van der Waals surface area contributed by atoms with Crippen LogP contribution in [0.15, 0.2) is 24.3 Å². The summed E-state index contributed by atoms with van der Waals surface area (Å²) in [7, 11) is 0. The van der Waals surface area contributed by atoms with Gasteiger partial charge in [0.25, 0.3) is 0 Å². The number of anilines is 1. The van der Waals surface area contributed by atoms with Gasteiger partial charge < -0.3 is 15.4 Å². The van der Waals surface area contributed by atoms with Crippen LogP contribution >= 0.6 is 11.6 Å². The van der Waals surface area contributed by atoms with Gasteiger partial charge in [0.15, 0.2) is 0 Å². The quantitative estimate of drug-likeness (QED) is 0.849. The molecule has 2 heterocycles. The standard InChI is InChI=1S/C18H24ClN5O/c1-11(2)24-18(25-15-5-3-4-14(19)8-15)22-17(23-24)21-16-12-6-7-13(16)10-20-9-12/h3-5,8,11-13,16,20H,6-7,9-10H2,1-2H3,(H,21,23)/t12-,13+,16-. The molecule has 4 rings (SSSR count). The maximum atomic E-state index is 6.05. The molecule has 2 fully saturated rings. The van der Waals surface area contributed by atoms with Crippen LogP contribution in [0.2, 0.25) is 5.02 Å². The Balaban J connectivity index is 1.55. The van der Waals surface area contributed by atoms with E-state index >= 15 is 0 Å². The highest BCUT2D eigenvalue weighted by atomic mass is 35.5. The molecule has 2 aliphatic rings. The molecule has 3 atom stereocenters. The van der Waals surface area contributed by atoms with E-state index in [0.29, 0.717) is 40.6 Å². The molecule has 1 aliphatic heterocycles. The van der Waals surface area contributed by atoms with Gasteiger partial charge in [0, 0.05) is 11.1 Å². The van der Waals surface area contributed by atoms with Crippen molar-refractivity contribution in [3.63, 3.8) is 0 Å². The number of hydrogen-bond acceptors (Lipinski definition) is 5. The van der Waals surface area contributed by atoms with Gasteiger partial charge in [-0.3, -0.25) is 0 Å². The highest BCUT2D eigenvalue weighted by Crippen LogP contribution is 2.36. The predicted octanol–water partition coefficient (Wildman–Crippen LogP) is 3.71. The minimum absolute atomic E-state index is 0.155. The Morgan fingerprint density at radius 1 is 1.28 bits per heavy atom. The lowest BCUT2D eigenvalue weighted by atomic mass is 9.94. The number of halogens is 1. The van der Waals surface area contributed by atoms with E-state index in [0.717, 1.165) is 13.1 Å². The molecule has 7 heteroatoms. The lowest BCUT2D eigenvalue weighted by molar-refractivity contribution is 0.341. The first-order valence-electron chi connectivity index (χ1n) is 8.97. The van der Waals surface area contributed by atoms with Crippen molar-refractivity contribution in [1.29, 1.82) is 0 Å². The number of fused-ring (bicyclic) bond motifs is 2. The molecule has 0 radical (unpaired) electrons. The number of nitrogens with one attached hydrogen (secondary N) is 2. The van der Waals surface area contributed by atoms with Crippen LogP contribution in [0.25, 0.3) is 0 Å². The molecule has 6 nitrogen and oxygen atoms in total. The fraction of sp³-hybridized carbons (Fsp3) is 0.556. The first-order chi connectivity index (χ1) is 12.1. The molecule has 1 saturated heterocycles. The predicted molar refractivity (Wildman–Crippen MR) is 98.4 cm³/mol. The SMILES string of the molecule is CC(C)n1nc(N[C@@H]2[C@@H]3CC[C@H]2CNC3)nc1Oc1cccc(Cl)c1. The lowest BCUT2D eigenvalue weighted by Crippen LogP contribution is -2.45. The van der Waals surface area contributed by atoms with E-state index < -0.39 is 0 Å². The van der Waals surface area contributed by atoms with Crippen molar-refractivity contribution < 1.29 is 4.74 Å². The molecular formula is C18H24ClN5O. The van der Waals surface area contributed by atoms with Gasteiger partial charge in [0.1, 0.15) is 5.75 Å². The second-order valence-corrected chi connectivity index (χ2v) is 7.68. The lowest BCUT2D eigenvalue weighted by Gasteiger charge is -2.30. The van der Waals surface area contributed by atoms with E-state index in [4.69, 9.17) is 16.3 Å². The monoisotopic (exact) mass is 361 g/mol. The molecule has 1 aromatic heterocycles. The van der Waals surface area contributed by atoms with Gasteiger partial charge in [0.05, 0.1) is 6.04 Å². The average molecular weight is 362 g/mol. The first kappa shape index (κ1) is 16.7. The van der Waals surface area contributed by atoms with Crippen molar-refractivity contribution in [2.45, 2.75) is 38.8 Å². The second-order valence-electron chi connectivity index (χ2n) is 7.24. The van der Waals surface area contributed by atoms with E-state index in [1.165, 1.54) is 12.8 Å². The van der Waals surface area contributed by atoms with Crippen LogP contribution in [0.3, 0.4) is 0 Å². The second kappa shape index (κ2) is 6.84. The van der Waals surface area contributed by atoms with Crippen molar-refractivity contribution in [3.8, 4) is 11.8 Å². The van der Waals surface area contributed by atoms with Crippen LogP contribution in [-0.2, 0) is 0 Å². The topological polar surface area (TPSA) is 64.0 Å². The minimum Gasteiger partial charge on any atom is -0.424 e. The molecule has 2 aromatic rings. The Morgan fingerprint density at radius 2 is 2.04 bits per heavy atom. The third-order valence-corrected chi connectivity index (χ3v) is 5.36. The smallest absolute Gasteiger partial charge is 0.322 e. The Labute approximate surface area is 152 Å². The molecule has 0 spiro atoms. The van der Waals surface area contributed by atoms with Crippen LogP contribution in [-0.4, -0.2) is 33.9 Å². The summed E-state index contributed by atoms with van der Waals surface area (Å²) in [6, 6.07) is 8.42. The maximum absolute atomic E-state index is 6.05. The number of benzene rings is 1. The highest BCUT2D eigenvalue weighted by molar-refractivity contribution is 6.30. The summed E-state index contributed by atoms with van der Waals surface area (Å²) < 4.78 is 7.76. The van der Waals surface area contributed by atoms with Gasteiger partial charge in [-0.25, -0.2) is 4.68 Å². The zero-order valence-corrected chi connectivity index (χ0v) is 15.3. The summed E-state index contributed by atoms with van der Waals surface area (Å²) in [6.07, 6.45) is 2.54. The van der Waals surface area contributed by atoms with E-state index in [1.54, 1.807) is 6.07 Å². The van der Waals surface area contributed by atoms with Gasteiger partial charge >= 0.3 is 6.01 Å². The molecule has 2 bridgehead atoms. The summed E-state index contributed by atoms with van der Waals surface area (Å²) in [5, 5.41) is 12.4. The molecule has 0 unspecified atom stereocenters. The van der Waals surface area contributed by atoms with E-state index in [1.807, 2.05) is 22.9 Å². The Bertz CT molecular complexity index is 731. The molecular weight excluding hydrogens is 338 g/mol. The number of piperidine rings is 1. The summed E-state index contributed by atoms with van der Waals surface area (Å²) >= 11 is 6.05. The number of hydrogen-bond donors (Lipinski definition) is 2. The van der Waals surface area contributed by atoms with Crippen LogP contribution in [0, 0.1) is 11.8 Å². The zero-order valence-electron chi connectivity index (χ0n) is 14.6. The fourth-order valence-corrected chi connectivity index (χ4v) is 4.06. The van der Waals surface area contributed by atoms with Gasteiger partial charge in [-0.1, -0.05) is 17.7 Å². The van der Waals surface area contributed by atoms with Gasteiger partial charge in [-0.2, -0.15) is 4.98 Å². The summed E-state index contributed by atoms with van der Waals surface area (Å²) in [4.78, 5) is 4.60. The minimum atomic E-state index is 0.155. The van der Waals surface area contributed by atoms with Crippen molar-refractivity contribution >= 4 is 17.5 Å². The Morgan fingerprint density at radius 3 is 2.72 bits per heavy atom. The zero-order chi connectivity index (χ0) is 17.4. The number of nitrogens with zero attached hydrogens (tertiary/aromatic N) is 3. The van der Waals surface area contributed by atoms with E-state index in [2.05, 4.69) is 34.6 Å². The van der Waals surface area contributed by atoms with Crippen LogP contribution in [0.5, 0.6) is 11.8 Å². The normalized spacial score (nSPS) is 25.4. The molecule has 1 aliphatic carbocycles. The molecule has 0 amide bonds. The Kier molecular flexibility index (Phi) is 4.56. The van der Waals surface area contributed by atoms with Gasteiger partial charge in [-0.05, 0) is 69.8 Å². The number of rotatable bonds is 5. The maximum Gasteiger partial charge on any atom is 0.322 e. The van der Waals surface area contributed by atoms with Gasteiger partial charge in [0.2, 0.25) is 5.95 Å². The molecule has 1 aromatic carbocycles. The average Bonchev–Trinajstić information content (AvgIpc) is 3.04. The van der Waals surface area contributed by atoms with E-state index in [9.17, 15) is 0 Å². The Hall–Kier alpha value is -1.79. The van der Waals surface area contributed by atoms with E-state index in [-0.39, 0.29) is 6.04 Å². The third-order valence-electron chi connectivity index (χ3n) is 5.13. The summed E-state index contributed by atoms with van der Waals surface area (Å²) in [5.41, 5.74) is 0. The largest absolute Gasteiger partial charge is 0.424 e. The van der Waals surface area contributed by atoms with Crippen molar-refractivity contribution in [2.24, 2.45) is 11.8 Å². The number of ether oxygens (including phenoxy) is 1. The third kappa shape index (κ3) is 3.46. The first-order valence-corrected chi connectivity index (χ1v) is 9.35. The van der Waals surface area contributed by atoms with Gasteiger partial charge in [-0.15, -0.1) is 5.10 Å². The molecule has 1 saturated carbocycles. The number of aromatic nitrogens is 3. The van der Waals surface area contributed by atoms with Crippen LogP contribution in [0.4, 0.5) is 5.95 Å². The summed E-state index contributed by atoms with van der Waals surface area (Å²) in [6.45, 7) is 6.28. The van der Waals surface area contributed by atoms with Crippen molar-refractivity contribution in [3.05, 3.63) is 29.3 Å². The fourth-order valence-electron chi connectivity index (χ4n) is 3.88. The van der Waals surface area contributed by atoms with Crippen molar-refractivity contribution in [2.75, 3.05) is 18.4 Å². The van der Waals surface area contributed by atoms with Crippen LogP contribution in [0.1, 0.15) is 32.7 Å². The van der Waals surface area contributed by atoms with Crippen molar-refractivity contribution in [1.82, 2.24) is 20.1 Å². The summed E-state index contributed by atoms with van der Waals surface area (Å²) in [5.74, 6) is 2.62. The molecule has 25 heavy (non-hydrogen) atoms. The van der Waals surface area contributed by atoms with Crippen LogP contribution < -0.4 is 15.4 Å². The molecule has 134 valence electrons.